The molecule has 11 heteroatoms. The highest BCUT2D eigenvalue weighted by atomic mass is 19.3. The maximum atomic E-state index is 11.2. The highest BCUT2D eigenvalue weighted by Crippen LogP contribution is 2.40. The van der Waals surface area contributed by atoms with Crippen molar-refractivity contribution >= 4 is 23.9 Å². The van der Waals surface area contributed by atoms with Gasteiger partial charge in [0.05, 0.1) is 24.5 Å². The van der Waals surface area contributed by atoms with Crippen molar-refractivity contribution < 1.29 is 18.7 Å². The smallest absolute Gasteiger partial charge is 0.248 e. The van der Waals surface area contributed by atoms with Gasteiger partial charge in [-0.15, -0.1) is 0 Å². The Hall–Kier alpha value is -2.82. The lowest BCUT2D eigenvalue weighted by Gasteiger charge is -2.39. The fourth-order valence-corrected chi connectivity index (χ4v) is 3.90. The molecule has 3 fully saturated rings. The average Bonchev–Trinajstić information content (AvgIpc) is 3.14. The minimum Gasteiger partial charge on any atom is -0.391 e. The van der Waals surface area contributed by atoms with Crippen LogP contribution in [0.4, 0.5) is 26.2 Å². The molecule has 3 unspecified atom stereocenters. The van der Waals surface area contributed by atoms with E-state index in [4.69, 9.17) is 0 Å². The number of piperazine rings is 1. The molecule has 168 valence electrons. The fraction of sp³-hybridized carbons (Fsp3) is 0.600. The summed E-state index contributed by atoms with van der Waals surface area (Å²) >= 11 is 0. The molecule has 3 atom stereocenters. The van der Waals surface area contributed by atoms with Crippen LogP contribution in [0.5, 0.6) is 0 Å². The number of aliphatic hydroxyl groups is 1. The number of hydrogen-bond donors (Lipinski definition) is 2. The molecule has 2 aromatic heterocycles. The summed E-state index contributed by atoms with van der Waals surface area (Å²) in [6.07, 6.45) is 8.10. The van der Waals surface area contributed by atoms with E-state index in [1.807, 2.05) is 17.2 Å². The summed E-state index contributed by atoms with van der Waals surface area (Å²) in [5.41, 5.74) is 0.772. The Labute approximate surface area is 179 Å². The van der Waals surface area contributed by atoms with E-state index >= 15 is 0 Å². The zero-order valence-corrected chi connectivity index (χ0v) is 17.4. The first-order valence-electron chi connectivity index (χ1n) is 10.5. The number of aromatic nitrogens is 4. The Morgan fingerprint density at radius 2 is 2.00 bits per heavy atom. The molecular weight excluding hydrogens is 408 g/mol. The lowest BCUT2D eigenvalue weighted by Crippen LogP contribution is -2.53. The number of alkyl halides is 2. The summed E-state index contributed by atoms with van der Waals surface area (Å²) in [6, 6.07) is 2.45. The molecule has 2 aromatic rings. The lowest BCUT2D eigenvalue weighted by molar-refractivity contribution is -0.121. The van der Waals surface area contributed by atoms with Gasteiger partial charge < -0.3 is 20.2 Å². The van der Waals surface area contributed by atoms with Crippen LogP contribution in [0, 0.1) is 0 Å². The largest absolute Gasteiger partial charge is 0.391 e. The van der Waals surface area contributed by atoms with Crippen molar-refractivity contribution in [3.8, 4) is 0 Å². The lowest BCUT2D eigenvalue weighted by atomic mass is 10.2. The van der Waals surface area contributed by atoms with E-state index in [1.165, 1.54) is 0 Å². The molecule has 4 heterocycles. The molecule has 1 saturated carbocycles. The van der Waals surface area contributed by atoms with Crippen molar-refractivity contribution in [2.75, 3.05) is 23.3 Å². The predicted octanol–water partition coefficient (Wildman–Crippen LogP) is 2.02. The first-order valence-corrected chi connectivity index (χ1v) is 10.5. The van der Waals surface area contributed by atoms with Gasteiger partial charge in [0.25, 0.3) is 0 Å². The van der Waals surface area contributed by atoms with Crippen molar-refractivity contribution in [1.29, 1.82) is 0 Å². The van der Waals surface area contributed by atoms with Gasteiger partial charge in [0.1, 0.15) is 5.82 Å². The molecule has 31 heavy (non-hydrogen) atoms. The number of carbonyl (C=O) groups excluding carboxylic acids is 1. The molecular formula is C20H27F2N7O2. The van der Waals surface area contributed by atoms with E-state index in [-0.39, 0.29) is 24.9 Å². The first-order chi connectivity index (χ1) is 14.8. The van der Waals surface area contributed by atoms with E-state index in [1.54, 1.807) is 24.0 Å². The number of hydrogen-bond acceptors (Lipinski definition) is 7. The SMILES string of the molecule is CC(O)Cn1cc(Nc2nccc(N3CC4CCC(C3)N4C=O)n2)cn1.FC1(F)CC1. The predicted molar refractivity (Wildman–Crippen MR) is 110 cm³/mol. The Morgan fingerprint density at radius 3 is 2.58 bits per heavy atom. The van der Waals surface area contributed by atoms with Crippen molar-refractivity contribution in [2.45, 2.75) is 63.3 Å². The standard InChI is InChI=1S/C17H23N7O2.C3H4F2/c1-12(26)7-23-8-13(6-19-23)20-17-18-5-4-16(21-17)22-9-14-2-3-15(10-22)24(14)11-25;4-3(5)1-2-3/h4-6,8,11-12,14-15,26H,2-3,7,9-10H2,1H3,(H,18,20,21);1-2H2. The van der Waals surface area contributed by atoms with Crippen molar-refractivity contribution in [3.05, 3.63) is 24.7 Å². The fourth-order valence-electron chi connectivity index (χ4n) is 3.90. The molecule has 2 N–H and O–H groups in total. The zero-order valence-electron chi connectivity index (χ0n) is 17.4. The summed E-state index contributed by atoms with van der Waals surface area (Å²) in [5, 5.41) is 16.8. The third-order valence-electron chi connectivity index (χ3n) is 5.59. The normalized spacial score (nSPS) is 24.3. The van der Waals surface area contributed by atoms with Crippen LogP contribution in [0.2, 0.25) is 0 Å². The Balaban J connectivity index is 0.000000407. The van der Waals surface area contributed by atoms with Crippen LogP contribution >= 0.6 is 0 Å². The second-order valence-corrected chi connectivity index (χ2v) is 8.36. The van der Waals surface area contributed by atoms with Gasteiger partial charge in [-0.1, -0.05) is 0 Å². The number of amides is 1. The van der Waals surface area contributed by atoms with Crippen LogP contribution < -0.4 is 10.2 Å². The Bertz CT molecular complexity index is 887. The molecule has 0 radical (unpaired) electrons. The number of anilines is 3. The zero-order chi connectivity index (χ0) is 22.0. The van der Waals surface area contributed by atoms with Crippen LogP contribution in [-0.2, 0) is 11.3 Å². The van der Waals surface area contributed by atoms with E-state index < -0.39 is 12.0 Å². The molecule has 1 amide bonds. The number of carbonyl (C=O) groups is 1. The molecule has 2 aliphatic heterocycles. The molecule has 0 spiro atoms. The summed E-state index contributed by atoms with van der Waals surface area (Å²) < 4.78 is 23.9. The summed E-state index contributed by atoms with van der Waals surface area (Å²) in [6.45, 7) is 3.77. The van der Waals surface area contributed by atoms with Gasteiger partial charge in [0, 0.05) is 50.4 Å². The van der Waals surface area contributed by atoms with Gasteiger partial charge in [-0.3, -0.25) is 9.48 Å². The van der Waals surface area contributed by atoms with Crippen molar-refractivity contribution in [2.24, 2.45) is 0 Å². The van der Waals surface area contributed by atoms with Crippen molar-refractivity contribution in [1.82, 2.24) is 24.6 Å². The second-order valence-electron chi connectivity index (χ2n) is 8.36. The number of halogens is 2. The highest BCUT2D eigenvalue weighted by Gasteiger charge is 2.43. The first kappa shape index (κ1) is 21.4. The topological polar surface area (TPSA) is 99.4 Å². The third kappa shape index (κ3) is 5.46. The van der Waals surface area contributed by atoms with Gasteiger partial charge in [-0.05, 0) is 25.8 Å². The van der Waals surface area contributed by atoms with Gasteiger partial charge in [0.2, 0.25) is 18.3 Å². The number of aliphatic hydroxyl groups excluding tert-OH is 1. The van der Waals surface area contributed by atoms with Crippen LogP contribution in [0.3, 0.4) is 0 Å². The van der Waals surface area contributed by atoms with E-state index in [2.05, 4.69) is 25.3 Å². The summed E-state index contributed by atoms with van der Waals surface area (Å²) in [5.74, 6) is -0.884. The molecule has 0 aromatic carbocycles. The maximum Gasteiger partial charge on any atom is 0.248 e. The van der Waals surface area contributed by atoms with Crippen LogP contribution in [0.25, 0.3) is 0 Å². The second kappa shape index (κ2) is 8.74. The molecule has 3 aliphatic rings. The van der Waals surface area contributed by atoms with Crippen LogP contribution in [0.15, 0.2) is 24.7 Å². The summed E-state index contributed by atoms with van der Waals surface area (Å²) in [7, 11) is 0. The minimum atomic E-state index is -2.25. The van der Waals surface area contributed by atoms with Crippen molar-refractivity contribution in [3.63, 3.8) is 0 Å². The third-order valence-corrected chi connectivity index (χ3v) is 5.59. The van der Waals surface area contributed by atoms with Gasteiger partial charge >= 0.3 is 0 Å². The van der Waals surface area contributed by atoms with E-state index in [9.17, 15) is 18.7 Å². The van der Waals surface area contributed by atoms with Crippen LogP contribution in [-0.4, -0.2) is 73.4 Å². The molecule has 9 nitrogen and oxygen atoms in total. The molecule has 2 saturated heterocycles. The quantitative estimate of drug-likeness (QED) is 0.670. The minimum absolute atomic E-state index is 0.118. The van der Waals surface area contributed by atoms with E-state index in [0.717, 1.165) is 43.8 Å². The monoisotopic (exact) mass is 435 g/mol. The number of fused-ring (bicyclic) bond motifs is 2. The maximum absolute atomic E-state index is 11.2. The molecule has 5 rings (SSSR count). The van der Waals surface area contributed by atoms with Gasteiger partial charge in [0.15, 0.2) is 0 Å². The van der Waals surface area contributed by atoms with Gasteiger partial charge in [-0.2, -0.15) is 10.1 Å². The Kier molecular flexibility index (Phi) is 6.03. The molecule has 1 aliphatic carbocycles. The number of rotatable bonds is 6. The number of nitrogens with zero attached hydrogens (tertiary/aromatic N) is 6. The molecule has 2 bridgehead atoms. The number of nitrogens with one attached hydrogen (secondary N) is 1. The van der Waals surface area contributed by atoms with E-state index in [0.29, 0.717) is 12.5 Å². The van der Waals surface area contributed by atoms with Gasteiger partial charge in [-0.25, -0.2) is 13.8 Å². The average molecular weight is 435 g/mol. The Morgan fingerprint density at radius 1 is 1.32 bits per heavy atom. The summed E-state index contributed by atoms with van der Waals surface area (Å²) in [4.78, 5) is 24.3. The highest BCUT2D eigenvalue weighted by molar-refractivity contribution is 5.55. The van der Waals surface area contributed by atoms with Crippen LogP contribution in [0.1, 0.15) is 32.6 Å².